The Morgan fingerprint density at radius 1 is 1.32 bits per heavy atom. The van der Waals surface area contributed by atoms with E-state index in [1.54, 1.807) is 0 Å². The maximum atomic E-state index is 6.46. The van der Waals surface area contributed by atoms with Crippen LogP contribution in [0.2, 0.25) is 0 Å². The van der Waals surface area contributed by atoms with E-state index in [1.807, 2.05) is 7.11 Å². The van der Waals surface area contributed by atoms with Gasteiger partial charge in [0.05, 0.1) is 6.10 Å². The van der Waals surface area contributed by atoms with Gasteiger partial charge in [-0.2, -0.15) is 0 Å². The topological polar surface area (TPSA) is 38.5 Å². The minimum absolute atomic E-state index is 0.155. The highest BCUT2D eigenvalue weighted by atomic mass is 16.5. The summed E-state index contributed by atoms with van der Waals surface area (Å²) in [6.07, 6.45) is 2.64. The van der Waals surface area contributed by atoms with Gasteiger partial charge in [-0.25, -0.2) is 0 Å². The van der Waals surface area contributed by atoms with Gasteiger partial charge in [-0.1, -0.05) is 31.2 Å². The fraction of sp³-hybridized carbons (Fsp3) is 0.625. The summed E-state index contributed by atoms with van der Waals surface area (Å²) < 4.78 is 5.62. The molecule has 0 radical (unpaired) electrons. The molecular formula is C16H24N2O. The monoisotopic (exact) mass is 260 g/mol. The van der Waals surface area contributed by atoms with Gasteiger partial charge in [0.15, 0.2) is 0 Å². The van der Waals surface area contributed by atoms with Crippen LogP contribution in [0.25, 0.3) is 0 Å². The van der Waals surface area contributed by atoms with E-state index in [0.717, 1.165) is 19.5 Å². The average Bonchev–Trinajstić information content (AvgIpc) is 2.77. The van der Waals surface area contributed by atoms with Gasteiger partial charge in [0.1, 0.15) is 0 Å². The Bertz CT molecular complexity index is 448. The van der Waals surface area contributed by atoms with Gasteiger partial charge in [0.25, 0.3) is 0 Å². The van der Waals surface area contributed by atoms with Crippen LogP contribution in [0.5, 0.6) is 0 Å². The van der Waals surface area contributed by atoms with E-state index in [1.165, 1.54) is 17.5 Å². The molecule has 1 saturated heterocycles. The highest BCUT2D eigenvalue weighted by Gasteiger charge is 2.37. The molecule has 0 aromatic heterocycles. The molecule has 1 aliphatic carbocycles. The van der Waals surface area contributed by atoms with E-state index < -0.39 is 0 Å². The predicted molar refractivity (Wildman–Crippen MR) is 77.0 cm³/mol. The first kappa shape index (κ1) is 13.1. The Morgan fingerprint density at radius 2 is 2.11 bits per heavy atom. The molecule has 1 aromatic carbocycles. The highest BCUT2D eigenvalue weighted by Crippen LogP contribution is 2.34. The van der Waals surface area contributed by atoms with Crippen molar-refractivity contribution in [2.45, 2.75) is 38.0 Å². The maximum absolute atomic E-state index is 6.46. The van der Waals surface area contributed by atoms with Gasteiger partial charge in [-0.15, -0.1) is 0 Å². The van der Waals surface area contributed by atoms with Crippen molar-refractivity contribution in [1.29, 1.82) is 0 Å². The third-order valence-corrected chi connectivity index (χ3v) is 4.95. The number of hydrogen-bond donors (Lipinski definition) is 1. The number of benzene rings is 1. The SMILES string of the molecule is COC1CN(C2Cc3ccccc3C2N)CCC1C. The Morgan fingerprint density at radius 3 is 2.84 bits per heavy atom. The second kappa shape index (κ2) is 5.23. The molecular weight excluding hydrogens is 236 g/mol. The molecule has 3 nitrogen and oxygen atoms in total. The third-order valence-electron chi connectivity index (χ3n) is 4.95. The summed E-state index contributed by atoms with van der Waals surface area (Å²) in [6.45, 7) is 4.45. The van der Waals surface area contributed by atoms with Crippen LogP contribution >= 0.6 is 0 Å². The Hall–Kier alpha value is -0.900. The van der Waals surface area contributed by atoms with E-state index >= 15 is 0 Å². The fourth-order valence-corrected chi connectivity index (χ4v) is 3.63. The fourth-order valence-electron chi connectivity index (χ4n) is 3.63. The summed E-state index contributed by atoms with van der Waals surface area (Å²) in [6, 6.07) is 9.21. The van der Waals surface area contributed by atoms with Crippen molar-refractivity contribution < 1.29 is 4.74 Å². The molecule has 1 aromatic rings. The minimum atomic E-state index is 0.155. The maximum Gasteiger partial charge on any atom is 0.0724 e. The molecule has 0 bridgehead atoms. The van der Waals surface area contributed by atoms with E-state index in [2.05, 4.69) is 36.1 Å². The van der Waals surface area contributed by atoms with Crippen LogP contribution < -0.4 is 5.73 Å². The van der Waals surface area contributed by atoms with Crippen molar-refractivity contribution in [2.75, 3.05) is 20.2 Å². The summed E-state index contributed by atoms with van der Waals surface area (Å²) in [7, 11) is 1.83. The lowest BCUT2D eigenvalue weighted by molar-refractivity contribution is -0.0210. The standard InChI is InChI=1S/C16H24N2O/c1-11-7-8-18(10-15(11)19-2)14-9-12-5-3-4-6-13(12)16(14)17/h3-6,11,14-16H,7-10,17H2,1-2H3. The quantitative estimate of drug-likeness (QED) is 0.883. The van der Waals surface area contributed by atoms with Crippen LogP contribution in [0.1, 0.15) is 30.5 Å². The number of piperidine rings is 1. The van der Waals surface area contributed by atoms with Gasteiger partial charge >= 0.3 is 0 Å². The average molecular weight is 260 g/mol. The van der Waals surface area contributed by atoms with Crippen LogP contribution in [0.4, 0.5) is 0 Å². The van der Waals surface area contributed by atoms with Gasteiger partial charge in [-0.05, 0) is 36.4 Å². The normalized spacial score (nSPS) is 35.3. The van der Waals surface area contributed by atoms with E-state index in [-0.39, 0.29) is 6.04 Å². The second-order valence-electron chi connectivity index (χ2n) is 6.03. The van der Waals surface area contributed by atoms with Crippen molar-refractivity contribution in [3.05, 3.63) is 35.4 Å². The summed E-state index contributed by atoms with van der Waals surface area (Å²) >= 11 is 0. The summed E-state index contributed by atoms with van der Waals surface area (Å²) in [5.41, 5.74) is 9.22. The summed E-state index contributed by atoms with van der Waals surface area (Å²) in [5.74, 6) is 0.654. The number of rotatable bonds is 2. The highest BCUT2D eigenvalue weighted by molar-refractivity contribution is 5.36. The molecule has 1 fully saturated rings. The molecule has 4 unspecified atom stereocenters. The molecule has 2 N–H and O–H groups in total. The number of ether oxygens (including phenoxy) is 1. The molecule has 1 heterocycles. The molecule has 4 atom stereocenters. The zero-order valence-electron chi connectivity index (χ0n) is 11.9. The first-order valence-electron chi connectivity index (χ1n) is 7.31. The molecule has 3 heteroatoms. The van der Waals surface area contributed by atoms with E-state index in [0.29, 0.717) is 18.1 Å². The van der Waals surface area contributed by atoms with E-state index in [9.17, 15) is 0 Å². The van der Waals surface area contributed by atoms with Crippen molar-refractivity contribution in [1.82, 2.24) is 4.90 Å². The van der Waals surface area contributed by atoms with Crippen LogP contribution in [-0.4, -0.2) is 37.2 Å². The number of methoxy groups -OCH3 is 1. The second-order valence-corrected chi connectivity index (χ2v) is 6.03. The molecule has 0 amide bonds. The van der Waals surface area contributed by atoms with Crippen LogP contribution in [0.15, 0.2) is 24.3 Å². The molecule has 2 aliphatic rings. The van der Waals surface area contributed by atoms with Gasteiger partial charge in [-0.3, -0.25) is 4.90 Å². The van der Waals surface area contributed by atoms with Crippen LogP contribution in [-0.2, 0) is 11.2 Å². The van der Waals surface area contributed by atoms with Crippen molar-refractivity contribution >= 4 is 0 Å². The molecule has 0 saturated carbocycles. The predicted octanol–water partition coefficient (Wildman–Crippen LogP) is 1.97. The van der Waals surface area contributed by atoms with Gasteiger partial charge in [0, 0.05) is 25.7 Å². The smallest absolute Gasteiger partial charge is 0.0724 e. The Balaban J connectivity index is 1.75. The molecule has 19 heavy (non-hydrogen) atoms. The van der Waals surface area contributed by atoms with Crippen LogP contribution in [0.3, 0.4) is 0 Å². The number of nitrogens with zero attached hydrogens (tertiary/aromatic N) is 1. The lowest BCUT2D eigenvalue weighted by Gasteiger charge is -2.40. The lowest BCUT2D eigenvalue weighted by atomic mass is 9.93. The number of hydrogen-bond acceptors (Lipinski definition) is 3. The van der Waals surface area contributed by atoms with E-state index in [4.69, 9.17) is 10.5 Å². The van der Waals surface area contributed by atoms with Crippen molar-refractivity contribution in [3.8, 4) is 0 Å². The largest absolute Gasteiger partial charge is 0.380 e. The van der Waals surface area contributed by atoms with Gasteiger partial charge < -0.3 is 10.5 Å². The van der Waals surface area contributed by atoms with Crippen molar-refractivity contribution in [2.24, 2.45) is 11.7 Å². The Kier molecular flexibility index (Phi) is 3.61. The number of nitrogens with two attached hydrogens (primary N) is 1. The minimum Gasteiger partial charge on any atom is -0.380 e. The molecule has 1 aliphatic heterocycles. The lowest BCUT2D eigenvalue weighted by Crippen LogP contribution is -2.51. The number of fused-ring (bicyclic) bond motifs is 1. The zero-order valence-corrected chi connectivity index (χ0v) is 11.9. The van der Waals surface area contributed by atoms with Crippen molar-refractivity contribution in [3.63, 3.8) is 0 Å². The first-order valence-corrected chi connectivity index (χ1v) is 7.31. The molecule has 0 spiro atoms. The van der Waals surface area contributed by atoms with Crippen LogP contribution in [0, 0.1) is 5.92 Å². The Labute approximate surface area is 115 Å². The third kappa shape index (κ3) is 2.31. The number of likely N-dealkylation sites (tertiary alicyclic amines) is 1. The first-order chi connectivity index (χ1) is 9.20. The zero-order chi connectivity index (χ0) is 13.4. The van der Waals surface area contributed by atoms with Gasteiger partial charge in [0.2, 0.25) is 0 Å². The molecule has 104 valence electrons. The molecule has 3 rings (SSSR count). The summed E-state index contributed by atoms with van der Waals surface area (Å²) in [4.78, 5) is 2.54. The summed E-state index contributed by atoms with van der Waals surface area (Å²) in [5, 5.41) is 0.